The zero-order valence-corrected chi connectivity index (χ0v) is 10.7. The monoisotopic (exact) mass is 233 g/mol. The third kappa shape index (κ3) is 3.08. The molecule has 0 radical (unpaired) electrons. The smallest absolute Gasteiger partial charge is 0.0703 e. The van der Waals surface area contributed by atoms with Crippen LogP contribution in [-0.4, -0.2) is 23.8 Å². The summed E-state index contributed by atoms with van der Waals surface area (Å²) in [5.74, 6) is 0.403. The SMILES string of the molecule is CCC1CNCCC1(O)CCc1ccccc1. The average molecular weight is 233 g/mol. The molecule has 0 amide bonds. The maximum Gasteiger partial charge on any atom is 0.0703 e. The Balaban J connectivity index is 1.96. The Morgan fingerprint density at radius 1 is 1.35 bits per heavy atom. The van der Waals surface area contributed by atoms with Crippen molar-refractivity contribution in [2.24, 2.45) is 5.92 Å². The normalized spacial score (nSPS) is 29.2. The molecule has 1 heterocycles. The second-order valence-corrected chi connectivity index (χ2v) is 5.15. The van der Waals surface area contributed by atoms with Crippen LogP contribution >= 0.6 is 0 Å². The highest BCUT2D eigenvalue weighted by molar-refractivity contribution is 5.15. The molecule has 0 aliphatic carbocycles. The van der Waals surface area contributed by atoms with Gasteiger partial charge in [0.1, 0.15) is 0 Å². The quantitative estimate of drug-likeness (QED) is 0.837. The number of hydrogen-bond acceptors (Lipinski definition) is 2. The van der Waals surface area contributed by atoms with Gasteiger partial charge < -0.3 is 10.4 Å². The van der Waals surface area contributed by atoms with Crippen molar-refractivity contribution >= 4 is 0 Å². The Kier molecular flexibility index (Phi) is 4.19. The van der Waals surface area contributed by atoms with Gasteiger partial charge in [-0.15, -0.1) is 0 Å². The highest BCUT2D eigenvalue weighted by atomic mass is 16.3. The fraction of sp³-hybridized carbons (Fsp3) is 0.600. The van der Waals surface area contributed by atoms with Crippen LogP contribution in [0, 0.1) is 5.92 Å². The Morgan fingerprint density at radius 3 is 2.82 bits per heavy atom. The van der Waals surface area contributed by atoms with Crippen LogP contribution < -0.4 is 5.32 Å². The van der Waals surface area contributed by atoms with Crippen LogP contribution in [0.2, 0.25) is 0 Å². The van der Waals surface area contributed by atoms with Crippen molar-refractivity contribution < 1.29 is 5.11 Å². The fourth-order valence-corrected chi connectivity index (χ4v) is 2.83. The Labute approximate surface area is 104 Å². The van der Waals surface area contributed by atoms with Gasteiger partial charge >= 0.3 is 0 Å². The molecule has 2 rings (SSSR count). The van der Waals surface area contributed by atoms with E-state index < -0.39 is 5.60 Å². The van der Waals surface area contributed by atoms with E-state index in [0.29, 0.717) is 5.92 Å². The van der Waals surface area contributed by atoms with Gasteiger partial charge in [-0.1, -0.05) is 37.3 Å². The molecule has 1 aromatic rings. The van der Waals surface area contributed by atoms with Gasteiger partial charge in [-0.3, -0.25) is 0 Å². The van der Waals surface area contributed by atoms with Crippen molar-refractivity contribution in [3.8, 4) is 0 Å². The highest BCUT2D eigenvalue weighted by Gasteiger charge is 2.36. The predicted molar refractivity (Wildman–Crippen MR) is 71.0 cm³/mol. The fourth-order valence-electron chi connectivity index (χ4n) is 2.83. The van der Waals surface area contributed by atoms with Gasteiger partial charge in [0.2, 0.25) is 0 Å². The maximum atomic E-state index is 10.8. The molecule has 1 aromatic carbocycles. The van der Waals surface area contributed by atoms with E-state index in [1.807, 2.05) is 6.07 Å². The van der Waals surface area contributed by atoms with Gasteiger partial charge in [-0.2, -0.15) is 0 Å². The van der Waals surface area contributed by atoms with Crippen LogP contribution in [0.25, 0.3) is 0 Å². The molecule has 2 unspecified atom stereocenters. The molecular formula is C15H23NO. The first-order valence-electron chi connectivity index (χ1n) is 6.71. The Hall–Kier alpha value is -0.860. The number of benzene rings is 1. The summed E-state index contributed by atoms with van der Waals surface area (Å²) in [5, 5.41) is 14.1. The summed E-state index contributed by atoms with van der Waals surface area (Å²) in [6.45, 7) is 4.08. The minimum Gasteiger partial charge on any atom is -0.389 e. The molecule has 0 saturated carbocycles. The first-order chi connectivity index (χ1) is 8.24. The Morgan fingerprint density at radius 2 is 2.12 bits per heavy atom. The lowest BCUT2D eigenvalue weighted by molar-refractivity contribution is -0.0483. The third-order valence-corrected chi connectivity index (χ3v) is 4.07. The molecular weight excluding hydrogens is 210 g/mol. The van der Waals surface area contributed by atoms with Crippen molar-refractivity contribution in [3.05, 3.63) is 35.9 Å². The largest absolute Gasteiger partial charge is 0.389 e. The second kappa shape index (κ2) is 5.65. The lowest BCUT2D eigenvalue weighted by atomic mass is 9.76. The lowest BCUT2D eigenvalue weighted by Gasteiger charge is -2.40. The van der Waals surface area contributed by atoms with Gasteiger partial charge in [0, 0.05) is 6.54 Å². The van der Waals surface area contributed by atoms with Gasteiger partial charge in [0.05, 0.1) is 5.60 Å². The number of aryl methyl sites for hydroxylation is 1. The van der Waals surface area contributed by atoms with Crippen molar-refractivity contribution in [1.82, 2.24) is 5.32 Å². The highest BCUT2D eigenvalue weighted by Crippen LogP contribution is 2.31. The van der Waals surface area contributed by atoms with Crippen molar-refractivity contribution in [2.75, 3.05) is 13.1 Å². The van der Waals surface area contributed by atoms with E-state index in [-0.39, 0.29) is 0 Å². The molecule has 0 aromatic heterocycles. The number of piperidine rings is 1. The van der Waals surface area contributed by atoms with Gasteiger partial charge in [0.25, 0.3) is 0 Å². The van der Waals surface area contributed by atoms with Crippen molar-refractivity contribution in [1.29, 1.82) is 0 Å². The van der Waals surface area contributed by atoms with Crippen LogP contribution in [0.3, 0.4) is 0 Å². The summed E-state index contributed by atoms with van der Waals surface area (Å²) < 4.78 is 0. The molecule has 1 fully saturated rings. The predicted octanol–water partition coefficient (Wildman–Crippen LogP) is 2.37. The molecule has 1 saturated heterocycles. The molecule has 2 N–H and O–H groups in total. The minimum absolute atomic E-state index is 0.403. The van der Waals surface area contributed by atoms with Crippen molar-refractivity contribution in [2.45, 2.75) is 38.2 Å². The van der Waals surface area contributed by atoms with Gasteiger partial charge in [-0.25, -0.2) is 0 Å². The number of rotatable bonds is 4. The molecule has 94 valence electrons. The van der Waals surface area contributed by atoms with E-state index in [1.54, 1.807) is 0 Å². The van der Waals surface area contributed by atoms with Crippen molar-refractivity contribution in [3.63, 3.8) is 0 Å². The number of aliphatic hydroxyl groups is 1. The summed E-state index contributed by atoms with van der Waals surface area (Å²) in [4.78, 5) is 0. The molecule has 2 atom stereocenters. The second-order valence-electron chi connectivity index (χ2n) is 5.15. The van der Waals surface area contributed by atoms with E-state index in [9.17, 15) is 5.11 Å². The lowest BCUT2D eigenvalue weighted by Crippen LogP contribution is -2.50. The maximum absolute atomic E-state index is 10.8. The molecule has 2 nitrogen and oxygen atoms in total. The van der Waals surface area contributed by atoms with E-state index in [0.717, 1.165) is 38.8 Å². The molecule has 1 aliphatic rings. The Bertz CT molecular complexity index is 338. The van der Waals surface area contributed by atoms with Gasteiger partial charge in [0.15, 0.2) is 0 Å². The van der Waals surface area contributed by atoms with Gasteiger partial charge in [-0.05, 0) is 43.7 Å². The average Bonchev–Trinajstić information content (AvgIpc) is 2.38. The first kappa shape index (κ1) is 12.6. The van der Waals surface area contributed by atoms with E-state index in [1.165, 1.54) is 5.56 Å². The van der Waals surface area contributed by atoms with Crippen LogP contribution in [0.15, 0.2) is 30.3 Å². The molecule has 0 spiro atoms. The summed E-state index contributed by atoms with van der Waals surface area (Å²) in [6, 6.07) is 10.5. The molecule has 0 bridgehead atoms. The van der Waals surface area contributed by atoms with E-state index in [4.69, 9.17) is 0 Å². The minimum atomic E-state index is -0.462. The zero-order valence-electron chi connectivity index (χ0n) is 10.7. The van der Waals surface area contributed by atoms with Crippen LogP contribution in [0.5, 0.6) is 0 Å². The number of nitrogens with one attached hydrogen (secondary N) is 1. The summed E-state index contributed by atoms with van der Waals surface area (Å²) in [7, 11) is 0. The molecule has 1 aliphatic heterocycles. The van der Waals surface area contributed by atoms with Crippen LogP contribution in [0.4, 0.5) is 0 Å². The zero-order chi connectivity index (χ0) is 12.1. The standard InChI is InChI=1S/C15H23NO/c1-2-14-12-16-11-10-15(14,17)9-8-13-6-4-3-5-7-13/h3-7,14,16-17H,2,8-12H2,1H3. The van der Waals surface area contributed by atoms with E-state index in [2.05, 4.69) is 36.5 Å². The third-order valence-electron chi connectivity index (χ3n) is 4.07. The topological polar surface area (TPSA) is 32.3 Å². The van der Waals surface area contributed by atoms with E-state index >= 15 is 0 Å². The molecule has 17 heavy (non-hydrogen) atoms. The summed E-state index contributed by atoms with van der Waals surface area (Å²) in [6.07, 6.45) is 3.81. The summed E-state index contributed by atoms with van der Waals surface area (Å²) >= 11 is 0. The first-order valence-corrected chi connectivity index (χ1v) is 6.71. The molecule has 2 heteroatoms. The number of hydrogen-bond donors (Lipinski definition) is 2. The van der Waals surface area contributed by atoms with Crippen LogP contribution in [-0.2, 0) is 6.42 Å². The van der Waals surface area contributed by atoms with Crippen LogP contribution in [0.1, 0.15) is 31.7 Å². The summed E-state index contributed by atoms with van der Waals surface area (Å²) in [5.41, 5.74) is 0.866.